The van der Waals surface area contributed by atoms with E-state index in [-0.39, 0.29) is 5.91 Å². The lowest BCUT2D eigenvalue weighted by atomic mass is 10.2. The van der Waals surface area contributed by atoms with Crippen molar-refractivity contribution in [3.05, 3.63) is 18.2 Å². The predicted molar refractivity (Wildman–Crippen MR) is 80.9 cm³/mol. The lowest BCUT2D eigenvalue weighted by Crippen LogP contribution is -2.41. The molecule has 1 atom stereocenters. The molecule has 0 aliphatic carbocycles. The van der Waals surface area contributed by atoms with E-state index in [0.29, 0.717) is 36.8 Å². The summed E-state index contributed by atoms with van der Waals surface area (Å²) < 4.78 is 15.9. The van der Waals surface area contributed by atoms with Gasteiger partial charge < -0.3 is 25.3 Å². The summed E-state index contributed by atoms with van der Waals surface area (Å²) in [4.78, 5) is 11.6. The van der Waals surface area contributed by atoms with Crippen LogP contribution in [0.4, 0.5) is 0 Å². The van der Waals surface area contributed by atoms with Gasteiger partial charge in [-0.15, -0.1) is 0 Å². The van der Waals surface area contributed by atoms with Gasteiger partial charge in [0, 0.05) is 18.2 Å². The van der Waals surface area contributed by atoms with Crippen molar-refractivity contribution in [1.82, 2.24) is 5.32 Å². The van der Waals surface area contributed by atoms with E-state index in [4.69, 9.17) is 19.9 Å². The number of rotatable bonds is 9. The minimum atomic E-state index is -0.452. The van der Waals surface area contributed by atoms with Crippen molar-refractivity contribution in [2.24, 2.45) is 5.73 Å². The molecule has 0 fully saturated rings. The predicted octanol–water partition coefficient (Wildman–Crippen LogP) is 1.33. The van der Waals surface area contributed by atoms with Crippen LogP contribution in [0.3, 0.4) is 0 Å². The Hall–Kier alpha value is -1.95. The van der Waals surface area contributed by atoms with E-state index >= 15 is 0 Å². The zero-order chi connectivity index (χ0) is 15.7. The largest absolute Gasteiger partial charge is 0.496 e. The van der Waals surface area contributed by atoms with Crippen LogP contribution in [0.2, 0.25) is 0 Å². The molecule has 1 amide bonds. The van der Waals surface area contributed by atoms with Gasteiger partial charge in [0.2, 0.25) is 5.91 Å². The standard InChI is InChI=1S/C15H24N2O4/c1-4-5-14(16)15(18)17-6-7-21-13-9-11(19-2)8-12(10-13)20-3/h8-10,14H,4-7,16H2,1-3H3,(H,17,18). The Balaban J connectivity index is 2.40. The van der Waals surface area contributed by atoms with Gasteiger partial charge in [0.25, 0.3) is 0 Å². The molecule has 1 unspecified atom stereocenters. The molecule has 1 rings (SSSR count). The molecule has 0 saturated carbocycles. The molecule has 0 aliphatic heterocycles. The van der Waals surface area contributed by atoms with Crippen molar-refractivity contribution in [2.45, 2.75) is 25.8 Å². The Morgan fingerprint density at radius 3 is 2.29 bits per heavy atom. The van der Waals surface area contributed by atoms with E-state index in [1.54, 1.807) is 32.4 Å². The number of carbonyl (C=O) groups is 1. The maximum absolute atomic E-state index is 11.6. The zero-order valence-electron chi connectivity index (χ0n) is 12.8. The summed E-state index contributed by atoms with van der Waals surface area (Å²) in [6, 6.07) is 4.82. The van der Waals surface area contributed by atoms with Crippen molar-refractivity contribution in [1.29, 1.82) is 0 Å². The number of hydrogen-bond acceptors (Lipinski definition) is 5. The Morgan fingerprint density at radius 2 is 1.76 bits per heavy atom. The highest BCUT2D eigenvalue weighted by Gasteiger charge is 2.11. The highest BCUT2D eigenvalue weighted by Crippen LogP contribution is 2.27. The highest BCUT2D eigenvalue weighted by atomic mass is 16.5. The summed E-state index contributed by atoms with van der Waals surface area (Å²) in [6.07, 6.45) is 1.56. The zero-order valence-corrected chi connectivity index (χ0v) is 12.8. The fraction of sp³-hybridized carbons (Fsp3) is 0.533. The van der Waals surface area contributed by atoms with Crippen LogP contribution < -0.4 is 25.3 Å². The van der Waals surface area contributed by atoms with Crippen LogP contribution in [0.15, 0.2) is 18.2 Å². The van der Waals surface area contributed by atoms with Gasteiger partial charge in [0.05, 0.1) is 26.8 Å². The molecular formula is C15H24N2O4. The summed E-state index contributed by atoms with van der Waals surface area (Å²) in [5.74, 6) is 1.78. The maximum atomic E-state index is 11.6. The number of ether oxygens (including phenoxy) is 3. The first-order valence-corrected chi connectivity index (χ1v) is 6.99. The number of nitrogens with two attached hydrogens (primary N) is 1. The van der Waals surface area contributed by atoms with Crippen LogP contribution in [-0.4, -0.2) is 39.3 Å². The van der Waals surface area contributed by atoms with Crippen LogP contribution in [-0.2, 0) is 4.79 Å². The summed E-state index contributed by atoms with van der Waals surface area (Å²) in [5.41, 5.74) is 5.71. The summed E-state index contributed by atoms with van der Waals surface area (Å²) in [7, 11) is 3.15. The first kappa shape index (κ1) is 17.1. The second kappa shape index (κ2) is 9.07. The smallest absolute Gasteiger partial charge is 0.237 e. The Morgan fingerprint density at radius 1 is 1.19 bits per heavy atom. The number of nitrogens with one attached hydrogen (secondary N) is 1. The molecule has 0 radical (unpaired) electrons. The first-order valence-electron chi connectivity index (χ1n) is 6.99. The summed E-state index contributed by atoms with van der Waals surface area (Å²) >= 11 is 0. The monoisotopic (exact) mass is 296 g/mol. The van der Waals surface area contributed by atoms with Crippen molar-refractivity contribution >= 4 is 5.91 Å². The second-order valence-electron chi connectivity index (χ2n) is 4.58. The van der Waals surface area contributed by atoms with Gasteiger partial charge in [0.1, 0.15) is 23.9 Å². The molecular weight excluding hydrogens is 272 g/mol. The molecule has 0 aromatic heterocycles. The normalized spacial score (nSPS) is 11.6. The molecule has 6 nitrogen and oxygen atoms in total. The molecule has 1 aromatic carbocycles. The second-order valence-corrected chi connectivity index (χ2v) is 4.58. The minimum absolute atomic E-state index is 0.149. The molecule has 0 saturated heterocycles. The van der Waals surface area contributed by atoms with Crippen molar-refractivity contribution in [3.63, 3.8) is 0 Å². The third-order valence-corrected chi connectivity index (χ3v) is 2.93. The molecule has 118 valence electrons. The highest BCUT2D eigenvalue weighted by molar-refractivity contribution is 5.81. The molecule has 0 spiro atoms. The van der Waals surface area contributed by atoms with E-state index < -0.39 is 6.04 Å². The van der Waals surface area contributed by atoms with Gasteiger partial charge in [-0.1, -0.05) is 13.3 Å². The molecule has 0 heterocycles. The molecule has 21 heavy (non-hydrogen) atoms. The van der Waals surface area contributed by atoms with Crippen LogP contribution in [0, 0.1) is 0 Å². The Labute approximate surface area is 125 Å². The average Bonchev–Trinajstić information content (AvgIpc) is 2.51. The lowest BCUT2D eigenvalue weighted by Gasteiger charge is -2.13. The quantitative estimate of drug-likeness (QED) is 0.672. The van der Waals surface area contributed by atoms with Gasteiger partial charge in [-0.2, -0.15) is 0 Å². The van der Waals surface area contributed by atoms with Gasteiger partial charge in [-0.25, -0.2) is 0 Å². The number of hydrogen-bond donors (Lipinski definition) is 2. The van der Waals surface area contributed by atoms with Crippen LogP contribution >= 0.6 is 0 Å². The molecule has 3 N–H and O–H groups in total. The molecule has 1 aromatic rings. The van der Waals surface area contributed by atoms with E-state index in [2.05, 4.69) is 5.32 Å². The van der Waals surface area contributed by atoms with Crippen LogP contribution in [0.5, 0.6) is 17.2 Å². The minimum Gasteiger partial charge on any atom is -0.496 e. The fourth-order valence-electron chi connectivity index (χ4n) is 1.78. The Bertz CT molecular complexity index is 429. The topological polar surface area (TPSA) is 82.8 Å². The Kier molecular flexibility index (Phi) is 7.39. The van der Waals surface area contributed by atoms with Gasteiger partial charge >= 0.3 is 0 Å². The number of benzene rings is 1. The van der Waals surface area contributed by atoms with Crippen molar-refractivity contribution < 1.29 is 19.0 Å². The molecule has 0 bridgehead atoms. The molecule has 0 aliphatic rings. The van der Waals surface area contributed by atoms with E-state index in [1.165, 1.54) is 0 Å². The number of amides is 1. The maximum Gasteiger partial charge on any atom is 0.237 e. The van der Waals surface area contributed by atoms with E-state index in [9.17, 15) is 4.79 Å². The third-order valence-electron chi connectivity index (χ3n) is 2.93. The number of methoxy groups -OCH3 is 2. The fourth-order valence-corrected chi connectivity index (χ4v) is 1.78. The SMILES string of the molecule is CCCC(N)C(=O)NCCOc1cc(OC)cc(OC)c1. The third kappa shape index (κ3) is 5.91. The van der Waals surface area contributed by atoms with Crippen LogP contribution in [0.1, 0.15) is 19.8 Å². The average molecular weight is 296 g/mol. The summed E-state index contributed by atoms with van der Waals surface area (Å²) in [6.45, 7) is 2.74. The first-order chi connectivity index (χ1) is 10.1. The van der Waals surface area contributed by atoms with Crippen LogP contribution in [0.25, 0.3) is 0 Å². The number of carbonyl (C=O) groups excluding carboxylic acids is 1. The lowest BCUT2D eigenvalue weighted by molar-refractivity contribution is -0.122. The molecule has 6 heteroatoms. The van der Waals surface area contributed by atoms with E-state index in [0.717, 1.165) is 6.42 Å². The summed E-state index contributed by atoms with van der Waals surface area (Å²) in [5, 5.41) is 2.74. The van der Waals surface area contributed by atoms with Crippen molar-refractivity contribution in [3.8, 4) is 17.2 Å². The van der Waals surface area contributed by atoms with Crippen molar-refractivity contribution in [2.75, 3.05) is 27.4 Å². The van der Waals surface area contributed by atoms with E-state index in [1.807, 2.05) is 6.92 Å². The van der Waals surface area contributed by atoms with Gasteiger partial charge in [-0.3, -0.25) is 4.79 Å². The van der Waals surface area contributed by atoms with Gasteiger partial charge in [0.15, 0.2) is 0 Å². The van der Waals surface area contributed by atoms with Gasteiger partial charge in [-0.05, 0) is 6.42 Å².